The lowest BCUT2D eigenvalue weighted by atomic mass is 9.93. The molecule has 0 aromatic heterocycles. The van der Waals surface area contributed by atoms with E-state index in [0.29, 0.717) is 30.7 Å². The first-order valence-electron chi connectivity index (χ1n) is 13.2. The number of alkyl halides is 3. The van der Waals surface area contributed by atoms with Gasteiger partial charge in [-0.05, 0) is 37.0 Å². The summed E-state index contributed by atoms with van der Waals surface area (Å²) in [5.41, 5.74) is -1.14. The average Bonchev–Trinajstić information content (AvgIpc) is 3.17. The molecule has 5 nitrogen and oxygen atoms in total. The molecule has 0 spiro atoms. The largest absolute Gasteiger partial charge is 0.492 e. The molecule has 0 radical (unpaired) electrons. The summed E-state index contributed by atoms with van der Waals surface area (Å²) < 4.78 is 72.8. The van der Waals surface area contributed by atoms with Gasteiger partial charge in [0.2, 0.25) is 7.37 Å². The maximum atomic E-state index is 14.0. The Bertz CT molecular complexity index is 1070. The summed E-state index contributed by atoms with van der Waals surface area (Å²) in [6.45, 7) is 15.5. The molecule has 1 aliphatic heterocycles. The van der Waals surface area contributed by atoms with E-state index in [2.05, 4.69) is 16.8 Å². The second-order valence-corrected chi connectivity index (χ2v) is 15.9. The fraction of sp³-hybridized carbons (Fsp3) is 0.690. The van der Waals surface area contributed by atoms with Gasteiger partial charge in [0.1, 0.15) is 17.9 Å². The molecule has 0 bridgehead atoms. The molecule has 0 fully saturated rings. The van der Waals surface area contributed by atoms with E-state index in [1.165, 1.54) is 6.07 Å². The molecule has 1 heterocycles. The molecule has 214 valence electrons. The van der Waals surface area contributed by atoms with Crippen LogP contribution in [0.15, 0.2) is 23.2 Å². The Hall–Kier alpha value is -1.97. The van der Waals surface area contributed by atoms with Crippen LogP contribution in [0.1, 0.15) is 92.2 Å². The van der Waals surface area contributed by atoms with Crippen molar-refractivity contribution in [1.82, 2.24) is 0 Å². The average molecular weight is 558 g/mol. The molecule has 1 atom stereocenters. The highest BCUT2D eigenvalue weighted by molar-refractivity contribution is 7.62. The minimum atomic E-state index is -4.56. The molecule has 0 saturated heterocycles. The van der Waals surface area contributed by atoms with E-state index in [4.69, 9.17) is 14.0 Å². The van der Waals surface area contributed by atoms with Gasteiger partial charge in [-0.3, -0.25) is 4.57 Å². The molecule has 9 heteroatoms. The number of aryl methyl sites for hydroxylation is 1. The first kappa shape index (κ1) is 32.2. The Morgan fingerprint density at radius 1 is 1.08 bits per heavy atom. The van der Waals surface area contributed by atoms with E-state index >= 15 is 0 Å². The van der Waals surface area contributed by atoms with Crippen LogP contribution in [0.2, 0.25) is 0 Å². The molecule has 1 aromatic carbocycles. The zero-order valence-electron chi connectivity index (χ0n) is 24.1. The summed E-state index contributed by atoms with van der Waals surface area (Å²) >= 11 is 0. The predicted molar refractivity (Wildman–Crippen MR) is 147 cm³/mol. The van der Waals surface area contributed by atoms with E-state index in [1.54, 1.807) is 13.0 Å². The smallest absolute Gasteiger partial charge is 0.419 e. The standard InChI is InChI=1S/C29H43F3NO4P/c1-9-10-11-12-13-18-35-25-15-14-23(19-24(25)29(30,31)32)16-17-28(20-36-22(2)33-28)21-37-38(34,26(3,4)5)27(6,7)8/h14-15,19H,9-10,13,16-18,20-21H2,1-8H3. The monoisotopic (exact) mass is 557 g/mol. The maximum Gasteiger partial charge on any atom is 0.419 e. The Balaban J connectivity index is 2.21. The van der Waals surface area contributed by atoms with Crippen molar-refractivity contribution in [1.29, 1.82) is 0 Å². The molecule has 38 heavy (non-hydrogen) atoms. The van der Waals surface area contributed by atoms with Gasteiger partial charge in [0.15, 0.2) is 5.90 Å². The van der Waals surface area contributed by atoms with Crippen LogP contribution in [0.3, 0.4) is 0 Å². The number of halogens is 3. The first-order chi connectivity index (χ1) is 17.4. The Labute approximate surface area is 226 Å². The van der Waals surface area contributed by atoms with Gasteiger partial charge in [-0.1, -0.05) is 60.5 Å². The van der Waals surface area contributed by atoms with Crippen LogP contribution in [0.5, 0.6) is 5.75 Å². The number of aliphatic imine (C=N–C) groups is 1. The highest BCUT2D eigenvalue weighted by Gasteiger charge is 2.50. The highest BCUT2D eigenvalue weighted by Crippen LogP contribution is 2.67. The number of hydrogen-bond donors (Lipinski definition) is 0. The van der Waals surface area contributed by atoms with Gasteiger partial charge in [-0.15, -0.1) is 5.92 Å². The molecule has 0 saturated carbocycles. The van der Waals surface area contributed by atoms with Crippen molar-refractivity contribution in [2.45, 2.75) is 110 Å². The topological polar surface area (TPSA) is 57.1 Å². The van der Waals surface area contributed by atoms with Crippen LogP contribution in [-0.2, 0) is 26.4 Å². The third-order valence-electron chi connectivity index (χ3n) is 6.44. The second-order valence-electron chi connectivity index (χ2n) is 11.8. The van der Waals surface area contributed by atoms with E-state index in [0.717, 1.165) is 18.9 Å². The molecule has 0 aliphatic carbocycles. The number of hydrogen-bond acceptors (Lipinski definition) is 5. The van der Waals surface area contributed by atoms with Gasteiger partial charge in [0, 0.05) is 30.1 Å². The van der Waals surface area contributed by atoms with Gasteiger partial charge in [-0.25, -0.2) is 4.99 Å². The first-order valence-corrected chi connectivity index (χ1v) is 14.8. The van der Waals surface area contributed by atoms with Gasteiger partial charge in [0.25, 0.3) is 0 Å². The number of unbranched alkanes of at least 4 members (excludes halogenated alkanes) is 1. The van der Waals surface area contributed by atoms with E-state index in [1.807, 2.05) is 48.5 Å². The summed E-state index contributed by atoms with van der Waals surface area (Å²) in [4.78, 5) is 4.65. The van der Waals surface area contributed by atoms with Crippen LogP contribution in [-0.4, -0.2) is 41.6 Å². The minimum Gasteiger partial charge on any atom is -0.492 e. The molecule has 0 N–H and O–H groups in total. The quantitative estimate of drug-likeness (QED) is 0.165. The van der Waals surface area contributed by atoms with Crippen molar-refractivity contribution in [3.05, 3.63) is 29.3 Å². The molecule has 1 unspecified atom stereocenters. The molecule has 0 amide bonds. The van der Waals surface area contributed by atoms with Gasteiger partial charge in [-0.2, -0.15) is 13.2 Å². The van der Waals surface area contributed by atoms with Crippen LogP contribution >= 0.6 is 7.37 Å². The third-order valence-corrected chi connectivity index (χ3v) is 10.5. The van der Waals surface area contributed by atoms with Gasteiger partial charge < -0.3 is 14.0 Å². The molecule has 2 rings (SSSR count). The van der Waals surface area contributed by atoms with E-state index < -0.39 is 35.0 Å². The summed E-state index contributed by atoms with van der Waals surface area (Å²) in [5.74, 6) is 6.15. The zero-order valence-corrected chi connectivity index (χ0v) is 24.9. The van der Waals surface area contributed by atoms with Crippen molar-refractivity contribution < 1.29 is 31.7 Å². The fourth-order valence-electron chi connectivity index (χ4n) is 4.49. The van der Waals surface area contributed by atoms with E-state index in [-0.39, 0.29) is 25.6 Å². The molecule has 1 aromatic rings. The summed E-state index contributed by atoms with van der Waals surface area (Å²) in [6, 6.07) is 4.14. The van der Waals surface area contributed by atoms with Gasteiger partial charge in [0.05, 0.1) is 18.8 Å². The Morgan fingerprint density at radius 2 is 1.71 bits per heavy atom. The van der Waals surface area contributed by atoms with Crippen LogP contribution in [0, 0.1) is 11.8 Å². The zero-order chi connectivity index (χ0) is 28.8. The van der Waals surface area contributed by atoms with Crippen LogP contribution in [0.25, 0.3) is 0 Å². The SMILES string of the molecule is CCCC#CCCOc1ccc(CCC2(COP(=O)(C(C)(C)C)C(C)(C)C)COC(C)=N2)cc1C(F)(F)F. The van der Waals surface area contributed by atoms with Crippen LogP contribution < -0.4 is 4.74 Å². The predicted octanol–water partition coefficient (Wildman–Crippen LogP) is 8.29. The number of ether oxygens (including phenoxy) is 2. The summed E-state index contributed by atoms with van der Waals surface area (Å²) in [6.07, 6.45) is -1.81. The van der Waals surface area contributed by atoms with E-state index in [9.17, 15) is 17.7 Å². The number of benzene rings is 1. The third kappa shape index (κ3) is 8.26. The minimum absolute atomic E-state index is 0.0581. The lowest BCUT2D eigenvalue weighted by molar-refractivity contribution is -0.139. The molecular formula is C29H43F3NO4P. The number of rotatable bonds is 10. The fourth-order valence-corrected chi connectivity index (χ4v) is 7.70. The molecular weight excluding hydrogens is 514 g/mol. The maximum absolute atomic E-state index is 14.0. The highest BCUT2D eigenvalue weighted by atomic mass is 31.2. The van der Waals surface area contributed by atoms with Gasteiger partial charge >= 0.3 is 6.18 Å². The van der Waals surface area contributed by atoms with Crippen molar-refractivity contribution in [2.75, 3.05) is 19.8 Å². The molecule has 1 aliphatic rings. The van der Waals surface area contributed by atoms with Crippen molar-refractivity contribution in [3.8, 4) is 17.6 Å². The lowest BCUT2D eigenvalue weighted by Gasteiger charge is -2.41. The second kappa shape index (κ2) is 12.5. The Kier molecular flexibility index (Phi) is 10.6. The summed E-state index contributed by atoms with van der Waals surface area (Å²) in [7, 11) is -3.15. The number of nitrogens with zero attached hydrogens (tertiary/aromatic N) is 1. The lowest BCUT2D eigenvalue weighted by Crippen LogP contribution is -2.38. The Morgan fingerprint density at radius 3 is 2.24 bits per heavy atom. The normalized spacial score (nSPS) is 18.4. The van der Waals surface area contributed by atoms with Crippen LogP contribution in [0.4, 0.5) is 13.2 Å². The summed E-state index contributed by atoms with van der Waals surface area (Å²) in [5, 5.41) is -1.19. The van der Waals surface area contributed by atoms with Crippen molar-refractivity contribution in [3.63, 3.8) is 0 Å². The van der Waals surface area contributed by atoms with Crippen molar-refractivity contribution in [2.24, 2.45) is 4.99 Å². The van der Waals surface area contributed by atoms with Crippen molar-refractivity contribution >= 4 is 13.3 Å².